The second-order valence-electron chi connectivity index (χ2n) is 3.43. The molecule has 0 aromatic heterocycles. The fourth-order valence-corrected chi connectivity index (χ4v) is 1.56. The van der Waals surface area contributed by atoms with Crippen molar-refractivity contribution < 1.29 is 0 Å². The van der Waals surface area contributed by atoms with Gasteiger partial charge in [-0.3, -0.25) is 0 Å². The topological polar surface area (TPSA) is 12.0 Å². The van der Waals surface area contributed by atoms with Crippen LogP contribution in [0.15, 0.2) is 0 Å². The number of rotatable bonds is 3. The van der Waals surface area contributed by atoms with Crippen LogP contribution in [0.1, 0.15) is 20.8 Å². The molecule has 0 spiro atoms. The number of hydrogen-bond acceptors (Lipinski definition) is 2. The lowest BCUT2D eigenvalue weighted by molar-refractivity contribution is 0.394. The van der Waals surface area contributed by atoms with E-state index in [0.29, 0.717) is 6.04 Å². The summed E-state index contributed by atoms with van der Waals surface area (Å²) in [6.45, 7) is 6.81. The summed E-state index contributed by atoms with van der Waals surface area (Å²) >= 11 is 2.04. The van der Waals surface area contributed by atoms with Gasteiger partial charge >= 0.3 is 0 Å². The van der Waals surface area contributed by atoms with Gasteiger partial charge in [-0.05, 0) is 12.8 Å². The van der Waals surface area contributed by atoms with Crippen LogP contribution in [-0.4, -0.2) is 23.6 Å². The molecule has 1 nitrogen and oxygen atoms in total. The zero-order valence-corrected chi connectivity index (χ0v) is 7.87. The van der Waals surface area contributed by atoms with Gasteiger partial charge in [-0.15, -0.1) is 0 Å². The van der Waals surface area contributed by atoms with Gasteiger partial charge in [0.05, 0.1) is 0 Å². The minimum absolute atomic E-state index is 0.686. The van der Waals surface area contributed by atoms with Gasteiger partial charge in [0.25, 0.3) is 0 Å². The van der Waals surface area contributed by atoms with Crippen molar-refractivity contribution in [2.75, 3.05) is 11.5 Å². The molecule has 0 aromatic rings. The molecule has 0 amide bonds. The van der Waals surface area contributed by atoms with E-state index in [0.717, 1.165) is 12.0 Å². The van der Waals surface area contributed by atoms with Crippen molar-refractivity contribution in [3.63, 3.8) is 0 Å². The summed E-state index contributed by atoms with van der Waals surface area (Å²) in [5, 5.41) is 3.59. The van der Waals surface area contributed by atoms with Gasteiger partial charge in [0.1, 0.15) is 0 Å². The van der Waals surface area contributed by atoms with E-state index in [1.165, 1.54) is 11.5 Å². The summed E-state index contributed by atoms with van der Waals surface area (Å²) in [5.74, 6) is 3.40. The lowest BCUT2D eigenvalue weighted by atomic mass is 10.1. The van der Waals surface area contributed by atoms with Gasteiger partial charge in [0.15, 0.2) is 0 Å². The van der Waals surface area contributed by atoms with Gasteiger partial charge in [0.2, 0.25) is 0 Å². The minimum atomic E-state index is 0.686. The highest BCUT2D eigenvalue weighted by Gasteiger charge is 2.20. The third-order valence-corrected chi connectivity index (χ3v) is 3.41. The molecule has 0 aromatic carbocycles. The first kappa shape index (κ1) is 8.41. The lowest BCUT2D eigenvalue weighted by Crippen LogP contribution is -2.46. The van der Waals surface area contributed by atoms with E-state index in [2.05, 4.69) is 26.1 Å². The second kappa shape index (κ2) is 3.63. The highest BCUT2D eigenvalue weighted by molar-refractivity contribution is 8.00. The monoisotopic (exact) mass is 159 g/mol. The first-order valence-electron chi connectivity index (χ1n) is 4.04. The average molecular weight is 159 g/mol. The van der Waals surface area contributed by atoms with Gasteiger partial charge in [-0.1, -0.05) is 13.8 Å². The first-order valence-corrected chi connectivity index (χ1v) is 5.19. The molecule has 2 heteroatoms. The molecule has 10 heavy (non-hydrogen) atoms. The Bertz CT molecular complexity index is 99.4. The quantitative estimate of drug-likeness (QED) is 0.673. The minimum Gasteiger partial charge on any atom is -0.310 e. The van der Waals surface area contributed by atoms with E-state index >= 15 is 0 Å². The molecular formula is C8H17NS. The van der Waals surface area contributed by atoms with Gasteiger partial charge in [0, 0.05) is 23.6 Å². The van der Waals surface area contributed by atoms with E-state index in [4.69, 9.17) is 0 Å². The summed E-state index contributed by atoms with van der Waals surface area (Å²) < 4.78 is 0. The smallest absolute Gasteiger partial charge is 0.0251 e. The molecule has 60 valence electrons. The van der Waals surface area contributed by atoms with Crippen molar-refractivity contribution in [2.45, 2.75) is 32.9 Å². The van der Waals surface area contributed by atoms with Crippen molar-refractivity contribution in [1.82, 2.24) is 5.32 Å². The molecule has 1 unspecified atom stereocenters. The Kier molecular flexibility index (Phi) is 3.05. The van der Waals surface area contributed by atoms with Crippen molar-refractivity contribution >= 4 is 11.8 Å². The first-order chi connectivity index (χ1) is 4.70. The highest BCUT2D eigenvalue weighted by Crippen LogP contribution is 2.18. The van der Waals surface area contributed by atoms with Gasteiger partial charge in [-0.2, -0.15) is 11.8 Å². The molecular weight excluding hydrogens is 142 g/mol. The van der Waals surface area contributed by atoms with Crippen molar-refractivity contribution in [3.05, 3.63) is 0 Å². The zero-order valence-electron chi connectivity index (χ0n) is 7.05. The van der Waals surface area contributed by atoms with Gasteiger partial charge < -0.3 is 5.32 Å². The summed E-state index contributed by atoms with van der Waals surface area (Å²) in [5.41, 5.74) is 0. The number of hydrogen-bond donors (Lipinski definition) is 1. The zero-order chi connectivity index (χ0) is 7.56. The Labute approximate surface area is 68.0 Å². The fourth-order valence-electron chi connectivity index (χ4n) is 0.896. The molecule has 1 fully saturated rings. The molecule has 0 radical (unpaired) electrons. The van der Waals surface area contributed by atoms with E-state index in [-0.39, 0.29) is 0 Å². The maximum atomic E-state index is 3.59. The van der Waals surface area contributed by atoms with Crippen LogP contribution in [0.4, 0.5) is 0 Å². The predicted molar refractivity (Wildman–Crippen MR) is 48.5 cm³/mol. The molecule has 1 atom stereocenters. The van der Waals surface area contributed by atoms with E-state index < -0.39 is 0 Å². The Morgan fingerprint density at radius 1 is 1.30 bits per heavy atom. The third-order valence-electron chi connectivity index (χ3n) is 2.14. The molecule has 1 heterocycles. The van der Waals surface area contributed by atoms with Crippen LogP contribution in [0.2, 0.25) is 0 Å². The number of thioether (sulfide) groups is 1. The Balaban J connectivity index is 2.10. The molecule has 0 bridgehead atoms. The standard InChI is InChI=1S/C8H17NS/c1-6(2)7(3)9-8-4-10-5-8/h6-9H,4-5H2,1-3H3. The van der Waals surface area contributed by atoms with E-state index in [9.17, 15) is 0 Å². The van der Waals surface area contributed by atoms with E-state index in [1.54, 1.807) is 0 Å². The Morgan fingerprint density at radius 2 is 1.90 bits per heavy atom. The van der Waals surface area contributed by atoms with Crippen molar-refractivity contribution in [2.24, 2.45) is 5.92 Å². The Hall–Kier alpha value is 0.310. The van der Waals surface area contributed by atoms with Crippen molar-refractivity contribution in [1.29, 1.82) is 0 Å². The van der Waals surface area contributed by atoms with Crippen LogP contribution >= 0.6 is 11.8 Å². The Morgan fingerprint density at radius 3 is 2.20 bits per heavy atom. The van der Waals surface area contributed by atoms with Crippen LogP contribution in [0, 0.1) is 5.92 Å². The van der Waals surface area contributed by atoms with Crippen LogP contribution < -0.4 is 5.32 Å². The largest absolute Gasteiger partial charge is 0.310 e. The average Bonchev–Trinajstić information content (AvgIpc) is 1.77. The summed E-state index contributed by atoms with van der Waals surface area (Å²) in [6, 6.07) is 1.49. The molecule has 1 N–H and O–H groups in total. The summed E-state index contributed by atoms with van der Waals surface area (Å²) in [4.78, 5) is 0. The SMILES string of the molecule is CC(C)C(C)NC1CSC1. The maximum absolute atomic E-state index is 3.59. The third kappa shape index (κ3) is 2.17. The molecule has 1 aliphatic rings. The predicted octanol–water partition coefficient (Wildman–Crippen LogP) is 1.74. The van der Waals surface area contributed by atoms with Crippen LogP contribution in [-0.2, 0) is 0 Å². The number of nitrogens with one attached hydrogen (secondary N) is 1. The molecule has 1 rings (SSSR count). The van der Waals surface area contributed by atoms with Crippen LogP contribution in [0.5, 0.6) is 0 Å². The molecule has 1 saturated heterocycles. The molecule has 0 saturated carbocycles. The fraction of sp³-hybridized carbons (Fsp3) is 1.00. The molecule has 0 aliphatic carbocycles. The summed E-state index contributed by atoms with van der Waals surface area (Å²) in [6.07, 6.45) is 0. The molecule has 1 aliphatic heterocycles. The van der Waals surface area contributed by atoms with Crippen molar-refractivity contribution in [3.8, 4) is 0 Å². The van der Waals surface area contributed by atoms with Crippen LogP contribution in [0.3, 0.4) is 0 Å². The summed E-state index contributed by atoms with van der Waals surface area (Å²) in [7, 11) is 0. The normalized spacial score (nSPS) is 22.8. The lowest BCUT2D eigenvalue weighted by Gasteiger charge is -2.31. The second-order valence-corrected chi connectivity index (χ2v) is 4.51. The maximum Gasteiger partial charge on any atom is 0.0251 e. The highest BCUT2D eigenvalue weighted by atomic mass is 32.2. The van der Waals surface area contributed by atoms with Crippen LogP contribution in [0.25, 0.3) is 0 Å². The van der Waals surface area contributed by atoms with E-state index in [1.807, 2.05) is 11.8 Å². The van der Waals surface area contributed by atoms with Gasteiger partial charge in [-0.25, -0.2) is 0 Å².